The van der Waals surface area contributed by atoms with E-state index in [2.05, 4.69) is 63.5 Å². The molecule has 0 aromatic heterocycles. The number of carbonyl (C=O) groups is 1. The number of carbonyl (C=O) groups excluding carboxylic acids is 1. The lowest BCUT2D eigenvalue weighted by Crippen LogP contribution is -2.52. The molecule has 0 aliphatic carbocycles. The molecule has 0 spiro atoms. The third-order valence-corrected chi connectivity index (χ3v) is 5.06. The molecular weight excluding hydrogens is 366 g/mol. The molecule has 2 N–H and O–H groups in total. The van der Waals surface area contributed by atoms with Crippen LogP contribution in [-0.4, -0.2) is 81.2 Å². The highest BCUT2D eigenvalue weighted by Gasteiger charge is 2.20. The number of rotatable bonds is 9. The molecule has 1 amide bonds. The van der Waals surface area contributed by atoms with E-state index >= 15 is 0 Å². The van der Waals surface area contributed by atoms with Gasteiger partial charge in [0.05, 0.1) is 6.61 Å². The third-order valence-electron chi connectivity index (χ3n) is 5.06. The first-order chi connectivity index (χ1) is 14.0. The number of aliphatic imine (C=N–C) groups is 1. The van der Waals surface area contributed by atoms with E-state index in [9.17, 15) is 4.79 Å². The summed E-state index contributed by atoms with van der Waals surface area (Å²) in [6.45, 7) is 13.2. The van der Waals surface area contributed by atoms with Gasteiger partial charge in [-0.1, -0.05) is 38.1 Å². The van der Waals surface area contributed by atoms with Crippen molar-refractivity contribution in [1.29, 1.82) is 0 Å². The van der Waals surface area contributed by atoms with Crippen molar-refractivity contribution in [3.8, 4) is 0 Å². The van der Waals surface area contributed by atoms with Crippen LogP contribution >= 0.6 is 0 Å². The summed E-state index contributed by atoms with van der Waals surface area (Å²) in [5, 5.41) is 6.11. The summed E-state index contributed by atoms with van der Waals surface area (Å²) < 4.78 is 4.94. The van der Waals surface area contributed by atoms with Crippen LogP contribution in [0.5, 0.6) is 0 Å². The maximum atomic E-state index is 11.9. The Bertz CT molecular complexity index is 637. The monoisotopic (exact) mass is 403 g/mol. The van der Waals surface area contributed by atoms with E-state index in [0.717, 1.165) is 45.2 Å². The minimum absolute atomic E-state index is 0.0825. The van der Waals surface area contributed by atoms with Crippen molar-refractivity contribution in [1.82, 2.24) is 20.4 Å². The van der Waals surface area contributed by atoms with Crippen LogP contribution in [-0.2, 0) is 16.1 Å². The van der Waals surface area contributed by atoms with Crippen LogP contribution < -0.4 is 10.6 Å². The predicted molar refractivity (Wildman–Crippen MR) is 118 cm³/mol. The zero-order valence-electron chi connectivity index (χ0n) is 18.4. The highest BCUT2D eigenvalue weighted by Crippen LogP contribution is 2.16. The van der Waals surface area contributed by atoms with Gasteiger partial charge in [-0.3, -0.25) is 9.69 Å². The van der Waals surface area contributed by atoms with Gasteiger partial charge in [0.15, 0.2) is 5.96 Å². The van der Waals surface area contributed by atoms with Crippen molar-refractivity contribution in [2.45, 2.75) is 33.2 Å². The van der Waals surface area contributed by atoms with Gasteiger partial charge in [-0.15, -0.1) is 0 Å². The van der Waals surface area contributed by atoms with Gasteiger partial charge >= 0.3 is 0 Å². The van der Waals surface area contributed by atoms with Crippen molar-refractivity contribution in [2.75, 3.05) is 59.5 Å². The average molecular weight is 404 g/mol. The molecule has 0 bridgehead atoms. The molecule has 0 saturated carbocycles. The molecule has 1 aliphatic heterocycles. The molecule has 0 radical (unpaired) electrons. The number of guanidine groups is 1. The summed E-state index contributed by atoms with van der Waals surface area (Å²) in [7, 11) is 1.62. The number of nitrogens with one attached hydrogen (secondary N) is 2. The third kappa shape index (κ3) is 8.03. The van der Waals surface area contributed by atoms with Crippen molar-refractivity contribution < 1.29 is 9.53 Å². The molecule has 1 aromatic carbocycles. The molecule has 0 atom stereocenters. The SMILES string of the molecule is CCNC(=NCC(=O)NCCOC)N1CCN(Cc2ccc(C(C)C)cc2)CC1. The van der Waals surface area contributed by atoms with Gasteiger partial charge in [0.1, 0.15) is 6.54 Å². The van der Waals surface area contributed by atoms with Crippen LogP contribution in [0, 0.1) is 0 Å². The first-order valence-electron chi connectivity index (χ1n) is 10.6. The molecular formula is C22H37N5O2. The molecule has 1 heterocycles. The summed E-state index contributed by atoms with van der Waals surface area (Å²) in [6, 6.07) is 8.97. The van der Waals surface area contributed by atoms with Gasteiger partial charge in [-0.05, 0) is 24.0 Å². The molecule has 1 aliphatic rings. The van der Waals surface area contributed by atoms with E-state index < -0.39 is 0 Å². The van der Waals surface area contributed by atoms with Crippen LogP contribution in [0.25, 0.3) is 0 Å². The summed E-state index contributed by atoms with van der Waals surface area (Å²) in [5.74, 6) is 1.30. The molecule has 29 heavy (non-hydrogen) atoms. The highest BCUT2D eigenvalue weighted by molar-refractivity contribution is 5.85. The summed E-state index contributed by atoms with van der Waals surface area (Å²) in [4.78, 5) is 21.1. The topological polar surface area (TPSA) is 69.2 Å². The highest BCUT2D eigenvalue weighted by atomic mass is 16.5. The first-order valence-corrected chi connectivity index (χ1v) is 10.6. The molecule has 7 heteroatoms. The van der Waals surface area contributed by atoms with Gasteiger partial charge in [0, 0.05) is 52.9 Å². The number of ether oxygens (including phenoxy) is 1. The van der Waals surface area contributed by atoms with E-state index in [1.54, 1.807) is 7.11 Å². The summed E-state index contributed by atoms with van der Waals surface area (Å²) >= 11 is 0. The van der Waals surface area contributed by atoms with Crippen LogP contribution in [0.15, 0.2) is 29.3 Å². The van der Waals surface area contributed by atoms with Crippen LogP contribution in [0.4, 0.5) is 0 Å². The first kappa shape index (κ1) is 23.2. The van der Waals surface area contributed by atoms with Crippen LogP contribution in [0.3, 0.4) is 0 Å². The van der Waals surface area contributed by atoms with Crippen LogP contribution in [0.2, 0.25) is 0 Å². The Morgan fingerprint density at radius 2 is 1.83 bits per heavy atom. The molecule has 162 valence electrons. The van der Waals surface area contributed by atoms with Crippen molar-refractivity contribution in [2.24, 2.45) is 4.99 Å². The number of methoxy groups -OCH3 is 1. The smallest absolute Gasteiger partial charge is 0.241 e. The fourth-order valence-electron chi connectivity index (χ4n) is 3.30. The maximum absolute atomic E-state index is 11.9. The second-order valence-corrected chi connectivity index (χ2v) is 7.67. The van der Waals surface area contributed by atoms with Gasteiger partial charge in [-0.25, -0.2) is 4.99 Å². The fourth-order valence-corrected chi connectivity index (χ4v) is 3.30. The zero-order chi connectivity index (χ0) is 21.1. The van der Waals surface area contributed by atoms with E-state index in [4.69, 9.17) is 4.74 Å². The lowest BCUT2D eigenvalue weighted by molar-refractivity contribution is -0.119. The number of hydrogen-bond acceptors (Lipinski definition) is 4. The Labute approximate surface area is 175 Å². The summed E-state index contributed by atoms with van der Waals surface area (Å²) in [6.07, 6.45) is 0. The van der Waals surface area contributed by atoms with Gasteiger partial charge in [-0.2, -0.15) is 0 Å². The van der Waals surface area contributed by atoms with E-state index in [-0.39, 0.29) is 12.5 Å². The fraction of sp³-hybridized carbons (Fsp3) is 0.636. The molecule has 1 saturated heterocycles. The second kappa shape index (κ2) is 12.4. The maximum Gasteiger partial charge on any atom is 0.241 e. The average Bonchev–Trinajstić information content (AvgIpc) is 2.72. The normalized spacial score (nSPS) is 15.6. The Hall–Kier alpha value is -2.12. The number of piperazine rings is 1. The number of hydrogen-bond donors (Lipinski definition) is 2. The number of benzene rings is 1. The summed E-state index contributed by atoms with van der Waals surface area (Å²) in [5.41, 5.74) is 2.74. The predicted octanol–water partition coefficient (Wildman–Crippen LogP) is 1.66. The largest absolute Gasteiger partial charge is 0.383 e. The Kier molecular flexibility index (Phi) is 9.94. The van der Waals surface area contributed by atoms with E-state index in [1.165, 1.54) is 11.1 Å². The van der Waals surface area contributed by atoms with Crippen molar-refractivity contribution >= 4 is 11.9 Å². The Morgan fingerprint density at radius 1 is 1.14 bits per heavy atom. The lowest BCUT2D eigenvalue weighted by Gasteiger charge is -2.36. The Morgan fingerprint density at radius 3 is 2.41 bits per heavy atom. The Balaban J connectivity index is 1.82. The van der Waals surface area contributed by atoms with E-state index in [1.807, 2.05) is 6.92 Å². The molecule has 0 unspecified atom stereocenters. The van der Waals surface area contributed by atoms with E-state index in [0.29, 0.717) is 19.1 Å². The number of amides is 1. The molecule has 2 rings (SSSR count). The molecule has 1 fully saturated rings. The zero-order valence-corrected chi connectivity index (χ0v) is 18.4. The van der Waals surface area contributed by atoms with Gasteiger partial charge in [0.2, 0.25) is 5.91 Å². The van der Waals surface area contributed by atoms with Gasteiger partial charge in [0.25, 0.3) is 0 Å². The minimum atomic E-state index is -0.0825. The minimum Gasteiger partial charge on any atom is -0.383 e. The number of nitrogens with zero attached hydrogens (tertiary/aromatic N) is 3. The quantitative estimate of drug-likeness (QED) is 0.373. The standard InChI is InChI=1S/C22H37N5O2/c1-5-23-22(25-16-21(28)24-10-15-29-4)27-13-11-26(12-14-27)17-19-6-8-20(9-7-19)18(2)3/h6-9,18H,5,10-17H2,1-4H3,(H,23,25)(H,24,28). The molecule has 7 nitrogen and oxygen atoms in total. The second-order valence-electron chi connectivity index (χ2n) is 7.67. The molecule has 1 aromatic rings. The van der Waals surface area contributed by atoms with Gasteiger partial charge < -0.3 is 20.3 Å². The lowest BCUT2D eigenvalue weighted by atomic mass is 10.0. The van der Waals surface area contributed by atoms with Crippen LogP contribution in [0.1, 0.15) is 37.8 Å². The van der Waals surface area contributed by atoms with Crippen molar-refractivity contribution in [3.05, 3.63) is 35.4 Å². The van der Waals surface area contributed by atoms with Crippen molar-refractivity contribution in [3.63, 3.8) is 0 Å².